The molecule has 1 aliphatic heterocycles. The Morgan fingerprint density at radius 2 is 1.96 bits per heavy atom. The molecule has 23 heavy (non-hydrogen) atoms. The van der Waals surface area contributed by atoms with Crippen LogP contribution in [-0.2, 0) is 16.3 Å². The van der Waals surface area contributed by atoms with Crippen molar-refractivity contribution in [1.82, 2.24) is 4.98 Å². The summed E-state index contributed by atoms with van der Waals surface area (Å²) in [4.78, 5) is 16.6. The van der Waals surface area contributed by atoms with Gasteiger partial charge in [-0.25, -0.2) is 13.4 Å². The standard InChI is InChI=1S/C15H15N3O3S2/c1-23(20,21)9-4-2-8(3-5-9)12-6-10-13(22-12)11(15(17)19)7-18-14(10)16/h2-5,7,12H,6H2,1H3,(H2,16,18)(H2,17,19). The molecule has 0 fully saturated rings. The molecule has 6 nitrogen and oxygen atoms in total. The quantitative estimate of drug-likeness (QED) is 0.868. The zero-order valence-corrected chi connectivity index (χ0v) is 13.9. The van der Waals surface area contributed by atoms with Crippen molar-refractivity contribution in [2.75, 3.05) is 12.0 Å². The third-order valence-corrected chi connectivity index (χ3v) is 6.31. The van der Waals surface area contributed by atoms with E-state index < -0.39 is 15.7 Å². The number of rotatable bonds is 3. The van der Waals surface area contributed by atoms with Crippen LogP contribution in [0.4, 0.5) is 5.82 Å². The summed E-state index contributed by atoms with van der Waals surface area (Å²) in [5.41, 5.74) is 13.5. The third kappa shape index (κ3) is 2.91. The van der Waals surface area contributed by atoms with Crippen LogP contribution in [0.15, 0.2) is 40.3 Å². The zero-order chi connectivity index (χ0) is 16.8. The Kier molecular flexibility index (Phi) is 3.81. The largest absolute Gasteiger partial charge is 0.383 e. The van der Waals surface area contributed by atoms with Gasteiger partial charge in [0.1, 0.15) is 5.82 Å². The molecule has 3 rings (SSSR count). The van der Waals surface area contributed by atoms with E-state index in [4.69, 9.17) is 11.5 Å². The molecule has 1 aromatic carbocycles. The highest BCUT2D eigenvalue weighted by molar-refractivity contribution is 8.00. The molecule has 2 aromatic rings. The average Bonchev–Trinajstić information content (AvgIpc) is 2.92. The number of nitrogens with zero attached hydrogens (tertiary/aromatic N) is 1. The number of hydrogen-bond acceptors (Lipinski definition) is 6. The first-order chi connectivity index (χ1) is 10.8. The summed E-state index contributed by atoms with van der Waals surface area (Å²) >= 11 is 1.50. The van der Waals surface area contributed by atoms with Gasteiger partial charge in [-0.3, -0.25) is 4.79 Å². The molecular weight excluding hydrogens is 334 g/mol. The van der Waals surface area contributed by atoms with Gasteiger partial charge in [-0.2, -0.15) is 0 Å². The lowest BCUT2D eigenvalue weighted by Crippen LogP contribution is -2.13. The van der Waals surface area contributed by atoms with Crippen LogP contribution < -0.4 is 11.5 Å². The highest BCUT2D eigenvalue weighted by atomic mass is 32.2. The predicted octanol–water partition coefficient (Wildman–Crippen LogP) is 1.56. The number of sulfone groups is 1. The van der Waals surface area contributed by atoms with Gasteiger partial charge in [-0.05, 0) is 24.1 Å². The summed E-state index contributed by atoms with van der Waals surface area (Å²) in [6.07, 6.45) is 3.20. The molecule has 0 saturated heterocycles. The molecule has 2 heterocycles. The minimum absolute atomic E-state index is 0.0446. The maximum Gasteiger partial charge on any atom is 0.251 e. The van der Waals surface area contributed by atoms with Gasteiger partial charge < -0.3 is 11.5 Å². The number of anilines is 1. The van der Waals surface area contributed by atoms with Crippen LogP contribution >= 0.6 is 11.8 Å². The van der Waals surface area contributed by atoms with Crippen molar-refractivity contribution in [2.45, 2.75) is 21.5 Å². The van der Waals surface area contributed by atoms with E-state index in [1.54, 1.807) is 24.3 Å². The van der Waals surface area contributed by atoms with Gasteiger partial charge in [-0.15, -0.1) is 11.8 Å². The molecule has 0 aliphatic carbocycles. The van der Waals surface area contributed by atoms with E-state index in [1.165, 1.54) is 24.2 Å². The Morgan fingerprint density at radius 1 is 1.30 bits per heavy atom. The molecule has 1 aromatic heterocycles. The fourth-order valence-electron chi connectivity index (χ4n) is 2.54. The first kappa shape index (κ1) is 15.8. The van der Waals surface area contributed by atoms with Crippen LogP contribution in [0.25, 0.3) is 0 Å². The van der Waals surface area contributed by atoms with Crippen LogP contribution in [0, 0.1) is 0 Å². The lowest BCUT2D eigenvalue weighted by atomic mass is 10.0. The van der Waals surface area contributed by atoms with Crippen LogP contribution in [-0.4, -0.2) is 25.6 Å². The summed E-state index contributed by atoms with van der Waals surface area (Å²) in [6, 6.07) is 6.75. The average molecular weight is 349 g/mol. The predicted molar refractivity (Wildman–Crippen MR) is 89.0 cm³/mol. The molecule has 1 aliphatic rings. The van der Waals surface area contributed by atoms with Crippen molar-refractivity contribution in [3.63, 3.8) is 0 Å². The maximum absolute atomic E-state index is 11.5. The van der Waals surface area contributed by atoms with Gasteiger partial charge in [0.05, 0.1) is 10.5 Å². The number of thioether (sulfide) groups is 1. The fraction of sp³-hybridized carbons (Fsp3) is 0.200. The number of benzene rings is 1. The molecular formula is C15H15N3O3S2. The number of aromatic nitrogens is 1. The number of carbonyl (C=O) groups excluding carboxylic acids is 1. The monoisotopic (exact) mass is 349 g/mol. The first-order valence-corrected chi connectivity index (χ1v) is 9.58. The Hall–Kier alpha value is -2.06. The second-order valence-electron chi connectivity index (χ2n) is 5.38. The Bertz CT molecular complexity index is 893. The summed E-state index contributed by atoms with van der Waals surface area (Å²) in [5, 5.41) is 0.0446. The molecule has 0 saturated carbocycles. The molecule has 8 heteroatoms. The van der Waals surface area contributed by atoms with Gasteiger partial charge in [0.15, 0.2) is 9.84 Å². The zero-order valence-electron chi connectivity index (χ0n) is 12.3. The number of amides is 1. The molecule has 1 amide bonds. The number of carbonyl (C=O) groups is 1. The minimum atomic E-state index is -3.22. The SMILES string of the molecule is CS(=O)(=O)c1ccc(C2Cc3c(N)ncc(C(N)=O)c3S2)cc1. The topological polar surface area (TPSA) is 116 Å². The number of nitrogens with two attached hydrogens (primary N) is 2. The van der Waals surface area contributed by atoms with E-state index in [9.17, 15) is 13.2 Å². The lowest BCUT2D eigenvalue weighted by Gasteiger charge is -2.09. The van der Waals surface area contributed by atoms with Crippen molar-refractivity contribution < 1.29 is 13.2 Å². The molecule has 1 unspecified atom stereocenters. The number of primary amides is 1. The third-order valence-electron chi connectivity index (χ3n) is 3.76. The lowest BCUT2D eigenvalue weighted by molar-refractivity contribution is 0.0997. The number of nitrogen functional groups attached to an aromatic ring is 1. The first-order valence-electron chi connectivity index (χ1n) is 6.81. The summed E-state index contributed by atoms with van der Waals surface area (Å²) in [6.45, 7) is 0. The van der Waals surface area contributed by atoms with E-state index >= 15 is 0 Å². The molecule has 4 N–H and O–H groups in total. The second-order valence-corrected chi connectivity index (χ2v) is 8.61. The molecule has 0 spiro atoms. The normalized spacial score (nSPS) is 17.0. The van der Waals surface area contributed by atoms with Gasteiger partial charge in [0, 0.05) is 28.2 Å². The summed E-state index contributed by atoms with van der Waals surface area (Å²) in [7, 11) is -3.22. The smallest absolute Gasteiger partial charge is 0.251 e. The van der Waals surface area contributed by atoms with E-state index in [1.807, 2.05) is 0 Å². The maximum atomic E-state index is 11.5. The highest BCUT2D eigenvalue weighted by Crippen LogP contribution is 2.49. The van der Waals surface area contributed by atoms with Crippen LogP contribution in [0.1, 0.15) is 26.7 Å². The molecule has 1 atom stereocenters. The van der Waals surface area contributed by atoms with Crippen molar-refractivity contribution in [3.05, 3.63) is 47.2 Å². The Morgan fingerprint density at radius 3 is 2.52 bits per heavy atom. The minimum Gasteiger partial charge on any atom is -0.383 e. The number of fused-ring (bicyclic) bond motifs is 1. The van der Waals surface area contributed by atoms with Gasteiger partial charge in [-0.1, -0.05) is 12.1 Å². The van der Waals surface area contributed by atoms with Crippen molar-refractivity contribution in [3.8, 4) is 0 Å². The van der Waals surface area contributed by atoms with E-state index in [0.29, 0.717) is 17.8 Å². The van der Waals surface area contributed by atoms with E-state index in [0.717, 1.165) is 16.0 Å². The summed E-state index contributed by atoms with van der Waals surface area (Å²) in [5.74, 6) is -0.137. The highest BCUT2D eigenvalue weighted by Gasteiger charge is 2.30. The van der Waals surface area contributed by atoms with Crippen LogP contribution in [0.5, 0.6) is 0 Å². The second kappa shape index (κ2) is 5.54. The molecule has 120 valence electrons. The van der Waals surface area contributed by atoms with Crippen LogP contribution in [0.3, 0.4) is 0 Å². The van der Waals surface area contributed by atoms with Crippen molar-refractivity contribution in [2.24, 2.45) is 5.73 Å². The molecule has 0 bridgehead atoms. The number of hydrogen-bond donors (Lipinski definition) is 2. The van der Waals surface area contributed by atoms with Crippen molar-refractivity contribution in [1.29, 1.82) is 0 Å². The van der Waals surface area contributed by atoms with Crippen molar-refractivity contribution >= 4 is 33.3 Å². The van der Waals surface area contributed by atoms with Gasteiger partial charge >= 0.3 is 0 Å². The fourth-order valence-corrected chi connectivity index (χ4v) is 4.61. The Labute approximate surface area is 138 Å². The molecule has 0 radical (unpaired) electrons. The number of pyridine rings is 1. The van der Waals surface area contributed by atoms with Gasteiger partial charge in [0.2, 0.25) is 0 Å². The van der Waals surface area contributed by atoms with Gasteiger partial charge in [0.25, 0.3) is 5.91 Å². The van der Waals surface area contributed by atoms with E-state index in [2.05, 4.69) is 4.98 Å². The van der Waals surface area contributed by atoms with E-state index in [-0.39, 0.29) is 10.1 Å². The van der Waals surface area contributed by atoms with Crippen LogP contribution in [0.2, 0.25) is 0 Å². The Balaban J connectivity index is 1.95. The summed E-state index contributed by atoms with van der Waals surface area (Å²) < 4.78 is 23.1.